The number of nitro groups is 1. The second-order valence-electron chi connectivity index (χ2n) is 8.37. The first-order valence-corrected chi connectivity index (χ1v) is 12.5. The molecule has 0 atom stereocenters. The maximum Gasteiger partial charge on any atom is 0.270 e. The van der Waals surface area contributed by atoms with E-state index in [-0.39, 0.29) is 52.4 Å². The van der Waals surface area contributed by atoms with E-state index >= 15 is 0 Å². The maximum absolute atomic E-state index is 13.2. The van der Waals surface area contributed by atoms with E-state index in [4.69, 9.17) is 11.6 Å². The summed E-state index contributed by atoms with van der Waals surface area (Å²) in [5.41, 5.74) is 0.487. The summed E-state index contributed by atoms with van der Waals surface area (Å²) in [7, 11) is -4.04. The van der Waals surface area contributed by atoms with Gasteiger partial charge in [0.25, 0.3) is 5.69 Å². The molecule has 0 spiro atoms. The molecule has 0 unspecified atom stereocenters. The Morgan fingerprint density at radius 3 is 2.33 bits per heavy atom. The fourth-order valence-corrected chi connectivity index (χ4v) is 6.04. The average Bonchev–Trinajstić information content (AvgIpc) is 3.63. The van der Waals surface area contributed by atoms with Crippen LogP contribution in [0, 0.1) is 21.8 Å². The summed E-state index contributed by atoms with van der Waals surface area (Å²) in [6, 6.07) is 9.54. The smallest absolute Gasteiger partial charge is 0.270 e. The van der Waals surface area contributed by atoms with Gasteiger partial charge in [0.15, 0.2) is 0 Å². The molecule has 2 fully saturated rings. The number of amides is 1. The number of carbonyl (C=O) groups is 1. The Morgan fingerprint density at radius 1 is 1.12 bits per heavy atom. The molecule has 2 aliphatic rings. The van der Waals surface area contributed by atoms with Crippen molar-refractivity contribution in [3.63, 3.8) is 0 Å². The van der Waals surface area contributed by atoms with Gasteiger partial charge in [-0.15, -0.1) is 0 Å². The highest BCUT2D eigenvalue weighted by Gasteiger charge is 2.39. The molecule has 11 heteroatoms. The minimum absolute atomic E-state index is 0.0211. The molecule has 2 aromatic rings. The zero-order valence-electron chi connectivity index (χ0n) is 17.7. The van der Waals surface area contributed by atoms with Crippen LogP contribution in [-0.2, 0) is 21.4 Å². The second-order valence-corrected chi connectivity index (χ2v) is 10.7. The van der Waals surface area contributed by atoms with Crippen molar-refractivity contribution in [1.82, 2.24) is 9.21 Å². The van der Waals surface area contributed by atoms with Crippen LogP contribution in [0.3, 0.4) is 0 Å². The fraction of sp³-hybridized carbons (Fsp3) is 0.409. The number of sulfonamides is 1. The molecule has 1 amide bonds. The molecule has 1 saturated carbocycles. The van der Waals surface area contributed by atoms with Crippen LogP contribution in [0.25, 0.3) is 0 Å². The van der Waals surface area contributed by atoms with Crippen molar-refractivity contribution in [2.45, 2.75) is 43.2 Å². The Bertz CT molecular complexity index is 1160. The van der Waals surface area contributed by atoms with E-state index in [2.05, 4.69) is 0 Å². The van der Waals surface area contributed by atoms with Crippen molar-refractivity contribution in [3.8, 4) is 0 Å². The summed E-state index contributed by atoms with van der Waals surface area (Å²) >= 11 is 6.04. The quantitative estimate of drug-likeness (QED) is 0.427. The number of hydrogen-bond acceptors (Lipinski definition) is 5. The van der Waals surface area contributed by atoms with Gasteiger partial charge < -0.3 is 4.90 Å². The monoisotopic (exact) mass is 495 g/mol. The van der Waals surface area contributed by atoms with Crippen molar-refractivity contribution in [3.05, 3.63) is 69.0 Å². The molecule has 0 radical (unpaired) electrons. The molecule has 1 saturated heterocycles. The molecule has 1 heterocycles. The first-order chi connectivity index (χ1) is 15.7. The lowest BCUT2D eigenvalue weighted by Gasteiger charge is -2.34. The van der Waals surface area contributed by atoms with Crippen molar-refractivity contribution >= 4 is 33.2 Å². The third-order valence-corrected chi connectivity index (χ3v) is 8.46. The molecule has 1 aliphatic carbocycles. The molecular weight excluding hydrogens is 473 g/mol. The number of piperidine rings is 1. The van der Waals surface area contributed by atoms with Crippen LogP contribution in [-0.4, -0.2) is 47.6 Å². The maximum atomic E-state index is 13.2. The van der Waals surface area contributed by atoms with Crippen LogP contribution in [0.5, 0.6) is 0 Å². The molecule has 33 heavy (non-hydrogen) atoms. The largest absolute Gasteiger partial charge is 0.335 e. The molecule has 0 aromatic heterocycles. The minimum atomic E-state index is -4.04. The van der Waals surface area contributed by atoms with Gasteiger partial charge in [-0.3, -0.25) is 14.9 Å². The molecular formula is C22H23ClFN3O5S. The SMILES string of the molecule is O=C(C1CCN(S(=O)(=O)c2cc([N+](=O)[O-])ccc2Cl)CC1)N(Cc1ccc(F)cc1)C1CC1. The van der Waals surface area contributed by atoms with E-state index < -0.39 is 14.9 Å². The number of halogens is 2. The van der Waals surface area contributed by atoms with Gasteiger partial charge in [-0.25, -0.2) is 12.8 Å². The Hall–Kier alpha value is -2.56. The summed E-state index contributed by atoms with van der Waals surface area (Å²) in [6.07, 6.45) is 2.53. The third kappa shape index (κ3) is 5.18. The van der Waals surface area contributed by atoms with Crippen molar-refractivity contribution in [1.29, 1.82) is 0 Å². The highest BCUT2D eigenvalue weighted by Crippen LogP contribution is 2.34. The Balaban J connectivity index is 1.44. The second kappa shape index (κ2) is 9.36. The van der Waals surface area contributed by atoms with Crippen LogP contribution in [0.4, 0.5) is 10.1 Å². The number of hydrogen-bond donors (Lipinski definition) is 0. The Kier molecular flexibility index (Phi) is 6.69. The van der Waals surface area contributed by atoms with Crippen LogP contribution in [0.2, 0.25) is 5.02 Å². The number of rotatable bonds is 7. The normalized spacial score (nSPS) is 17.6. The Morgan fingerprint density at radius 2 is 1.76 bits per heavy atom. The molecule has 8 nitrogen and oxygen atoms in total. The van der Waals surface area contributed by atoms with Gasteiger partial charge in [-0.2, -0.15) is 4.31 Å². The minimum Gasteiger partial charge on any atom is -0.335 e. The molecule has 1 aliphatic heterocycles. The van der Waals surface area contributed by atoms with E-state index in [1.165, 1.54) is 22.5 Å². The summed E-state index contributed by atoms with van der Waals surface area (Å²) in [4.78, 5) is 25.1. The first-order valence-electron chi connectivity index (χ1n) is 10.7. The number of non-ortho nitro benzene ring substituents is 1. The number of carbonyl (C=O) groups excluding carboxylic acids is 1. The summed E-state index contributed by atoms with van der Waals surface area (Å²) in [5, 5.41) is 11.0. The van der Waals surface area contributed by atoms with Crippen molar-refractivity contribution < 1.29 is 22.5 Å². The van der Waals surface area contributed by atoms with Gasteiger partial charge >= 0.3 is 0 Å². The summed E-state index contributed by atoms with van der Waals surface area (Å²) in [5.74, 6) is -0.675. The lowest BCUT2D eigenvalue weighted by Crippen LogP contribution is -2.44. The van der Waals surface area contributed by atoms with Gasteiger partial charge in [-0.1, -0.05) is 23.7 Å². The number of benzene rings is 2. The third-order valence-electron chi connectivity index (χ3n) is 6.08. The highest BCUT2D eigenvalue weighted by molar-refractivity contribution is 7.89. The average molecular weight is 496 g/mol. The lowest BCUT2D eigenvalue weighted by atomic mass is 9.96. The van der Waals surface area contributed by atoms with E-state index in [0.29, 0.717) is 19.4 Å². The molecule has 2 aromatic carbocycles. The van der Waals surface area contributed by atoms with Crippen LogP contribution in [0.1, 0.15) is 31.2 Å². The van der Waals surface area contributed by atoms with Crippen LogP contribution < -0.4 is 0 Å². The molecule has 176 valence electrons. The standard InChI is InChI=1S/C22H23ClFN3O5S/c23-20-8-7-19(27(29)30)13-21(20)33(31,32)25-11-9-16(10-12-25)22(28)26(18-5-6-18)14-15-1-3-17(24)4-2-15/h1-4,7-8,13,16,18H,5-6,9-12,14H2. The van der Waals surface area contributed by atoms with Gasteiger partial charge in [0.2, 0.25) is 15.9 Å². The fourth-order valence-electron chi connectivity index (χ4n) is 4.08. The van der Waals surface area contributed by atoms with Gasteiger partial charge in [0, 0.05) is 43.7 Å². The Labute approximate surface area is 196 Å². The summed E-state index contributed by atoms with van der Waals surface area (Å²) < 4.78 is 40.6. The van der Waals surface area contributed by atoms with E-state index in [0.717, 1.165) is 30.5 Å². The predicted molar refractivity (Wildman–Crippen MR) is 120 cm³/mol. The van der Waals surface area contributed by atoms with Gasteiger partial charge in [0.05, 0.1) is 9.95 Å². The lowest BCUT2D eigenvalue weighted by molar-refractivity contribution is -0.385. The number of nitro benzene ring substituents is 1. The predicted octanol–water partition coefficient (Wildman–Crippen LogP) is 3.98. The van der Waals surface area contributed by atoms with Crippen LogP contribution in [0.15, 0.2) is 47.4 Å². The van der Waals surface area contributed by atoms with E-state index in [1.54, 1.807) is 12.1 Å². The number of nitrogens with zero attached hydrogens (tertiary/aromatic N) is 3. The summed E-state index contributed by atoms with van der Waals surface area (Å²) in [6.45, 7) is 0.630. The molecule has 0 N–H and O–H groups in total. The van der Waals surface area contributed by atoms with E-state index in [9.17, 15) is 27.7 Å². The van der Waals surface area contributed by atoms with Crippen LogP contribution >= 0.6 is 11.6 Å². The highest BCUT2D eigenvalue weighted by atomic mass is 35.5. The first kappa shape index (κ1) is 23.6. The molecule has 4 rings (SSSR count). The molecule has 0 bridgehead atoms. The van der Waals surface area contributed by atoms with Gasteiger partial charge in [0.1, 0.15) is 10.7 Å². The van der Waals surface area contributed by atoms with E-state index in [1.807, 2.05) is 4.90 Å². The van der Waals surface area contributed by atoms with Crippen molar-refractivity contribution in [2.24, 2.45) is 5.92 Å². The zero-order chi connectivity index (χ0) is 23.8. The topological polar surface area (TPSA) is 101 Å². The zero-order valence-corrected chi connectivity index (χ0v) is 19.3. The van der Waals surface area contributed by atoms with Crippen molar-refractivity contribution in [2.75, 3.05) is 13.1 Å². The van der Waals surface area contributed by atoms with Gasteiger partial charge in [-0.05, 0) is 49.4 Å².